The van der Waals surface area contributed by atoms with Crippen LogP contribution < -0.4 is 10.2 Å². The van der Waals surface area contributed by atoms with E-state index in [1.807, 2.05) is 0 Å². The van der Waals surface area contributed by atoms with Crippen LogP contribution in [0.2, 0.25) is 0 Å². The summed E-state index contributed by atoms with van der Waals surface area (Å²) in [7, 11) is 2.19. The van der Waals surface area contributed by atoms with E-state index in [1.54, 1.807) is 0 Å². The Labute approximate surface area is 129 Å². The van der Waals surface area contributed by atoms with Crippen LogP contribution in [0.4, 0.5) is 5.69 Å². The molecule has 1 aromatic carbocycles. The Morgan fingerprint density at radius 3 is 2.67 bits per heavy atom. The van der Waals surface area contributed by atoms with E-state index in [9.17, 15) is 0 Å². The molecule has 2 aliphatic heterocycles. The summed E-state index contributed by atoms with van der Waals surface area (Å²) >= 11 is 0. The summed E-state index contributed by atoms with van der Waals surface area (Å²) in [6.45, 7) is 7.08. The average Bonchev–Trinajstić information content (AvgIpc) is 2.72. The molecule has 1 aromatic rings. The van der Waals surface area contributed by atoms with Gasteiger partial charge in [-0.2, -0.15) is 0 Å². The molecule has 0 bridgehead atoms. The Hall–Kier alpha value is -1.06. The van der Waals surface area contributed by atoms with Gasteiger partial charge in [0.1, 0.15) is 0 Å². The van der Waals surface area contributed by atoms with Gasteiger partial charge in [0.25, 0.3) is 0 Å². The van der Waals surface area contributed by atoms with E-state index >= 15 is 0 Å². The van der Waals surface area contributed by atoms with Gasteiger partial charge >= 0.3 is 0 Å². The smallest absolute Gasteiger partial charge is 0.0397 e. The molecule has 1 saturated heterocycles. The summed E-state index contributed by atoms with van der Waals surface area (Å²) in [5, 5.41) is 3.62. The molecule has 1 fully saturated rings. The lowest BCUT2D eigenvalue weighted by Gasteiger charge is -2.19. The number of nitrogens with one attached hydrogen (secondary N) is 1. The number of fused-ring (bicyclic) bond motifs is 1. The lowest BCUT2D eigenvalue weighted by atomic mass is 10.1. The topological polar surface area (TPSA) is 18.5 Å². The van der Waals surface area contributed by atoms with Gasteiger partial charge in [-0.25, -0.2) is 0 Å². The Morgan fingerprint density at radius 1 is 1.05 bits per heavy atom. The molecule has 0 atom stereocenters. The number of rotatable bonds is 5. The second-order valence-corrected chi connectivity index (χ2v) is 6.57. The van der Waals surface area contributed by atoms with Gasteiger partial charge in [-0.05, 0) is 49.5 Å². The van der Waals surface area contributed by atoms with E-state index < -0.39 is 0 Å². The molecule has 0 radical (unpaired) electrons. The molecular formula is C18H29N3. The summed E-state index contributed by atoms with van der Waals surface area (Å²) in [5.74, 6) is 0. The number of likely N-dealkylation sites (tertiary alicyclic amines) is 1. The summed E-state index contributed by atoms with van der Waals surface area (Å²) < 4.78 is 0. The van der Waals surface area contributed by atoms with Gasteiger partial charge in [-0.1, -0.05) is 25.0 Å². The van der Waals surface area contributed by atoms with Gasteiger partial charge in [0.2, 0.25) is 0 Å². The molecule has 3 heteroatoms. The molecule has 0 aliphatic carbocycles. The van der Waals surface area contributed by atoms with Crippen molar-refractivity contribution in [3.8, 4) is 0 Å². The summed E-state index contributed by atoms with van der Waals surface area (Å²) in [6.07, 6.45) is 6.82. The minimum Gasteiger partial charge on any atom is -0.374 e. The molecule has 0 unspecified atom stereocenters. The van der Waals surface area contributed by atoms with E-state index in [2.05, 4.69) is 40.4 Å². The molecule has 0 spiro atoms. The van der Waals surface area contributed by atoms with Crippen LogP contribution in [0.25, 0.3) is 0 Å². The van der Waals surface area contributed by atoms with Crippen molar-refractivity contribution in [2.45, 2.75) is 38.6 Å². The standard InChI is InChI=1S/C18H29N3/c1-20-12-8-17-14-16(6-7-18(17)20)15-19-9-13-21-10-4-2-3-5-11-21/h6-7,14,19H,2-5,8-13,15H2,1H3. The van der Waals surface area contributed by atoms with Crippen molar-refractivity contribution in [3.05, 3.63) is 29.3 Å². The SMILES string of the molecule is CN1CCc2cc(CNCCN3CCCCCC3)ccc21. The largest absolute Gasteiger partial charge is 0.374 e. The molecule has 0 amide bonds. The maximum Gasteiger partial charge on any atom is 0.0397 e. The molecule has 116 valence electrons. The molecule has 3 rings (SSSR count). The third-order valence-corrected chi connectivity index (χ3v) is 4.90. The van der Waals surface area contributed by atoms with Crippen LogP contribution in [-0.2, 0) is 13.0 Å². The van der Waals surface area contributed by atoms with Gasteiger partial charge in [0.15, 0.2) is 0 Å². The maximum absolute atomic E-state index is 3.62. The molecule has 2 aliphatic rings. The summed E-state index contributed by atoms with van der Waals surface area (Å²) in [6, 6.07) is 6.95. The number of benzene rings is 1. The summed E-state index contributed by atoms with van der Waals surface area (Å²) in [4.78, 5) is 4.98. The molecular weight excluding hydrogens is 258 g/mol. The minimum absolute atomic E-state index is 1.00. The van der Waals surface area contributed by atoms with Crippen LogP contribution in [-0.4, -0.2) is 44.7 Å². The van der Waals surface area contributed by atoms with Crippen LogP contribution in [0.5, 0.6) is 0 Å². The Morgan fingerprint density at radius 2 is 1.86 bits per heavy atom. The van der Waals surface area contributed by atoms with Crippen molar-refractivity contribution in [1.82, 2.24) is 10.2 Å². The van der Waals surface area contributed by atoms with Gasteiger partial charge in [0, 0.05) is 38.9 Å². The quantitative estimate of drug-likeness (QED) is 0.840. The Balaban J connectivity index is 1.41. The van der Waals surface area contributed by atoms with Crippen molar-refractivity contribution in [1.29, 1.82) is 0 Å². The monoisotopic (exact) mass is 287 g/mol. The normalized spacial score (nSPS) is 19.6. The van der Waals surface area contributed by atoms with Crippen LogP contribution in [0.15, 0.2) is 18.2 Å². The first-order valence-electron chi connectivity index (χ1n) is 8.59. The first-order valence-corrected chi connectivity index (χ1v) is 8.59. The lowest BCUT2D eigenvalue weighted by molar-refractivity contribution is 0.284. The first-order chi connectivity index (χ1) is 10.3. The fraction of sp³-hybridized carbons (Fsp3) is 0.667. The van der Waals surface area contributed by atoms with Gasteiger partial charge in [-0.15, -0.1) is 0 Å². The predicted molar refractivity (Wildman–Crippen MR) is 90.0 cm³/mol. The van der Waals surface area contributed by atoms with Crippen molar-refractivity contribution < 1.29 is 0 Å². The van der Waals surface area contributed by atoms with Crippen LogP contribution in [0.3, 0.4) is 0 Å². The van der Waals surface area contributed by atoms with Gasteiger partial charge in [0.05, 0.1) is 0 Å². The number of anilines is 1. The average molecular weight is 287 g/mol. The number of likely N-dealkylation sites (N-methyl/N-ethyl adjacent to an activating group) is 1. The van der Waals surface area contributed by atoms with E-state index in [-0.39, 0.29) is 0 Å². The second kappa shape index (κ2) is 7.28. The Kier molecular flexibility index (Phi) is 5.15. The highest BCUT2D eigenvalue weighted by Gasteiger charge is 2.15. The van der Waals surface area contributed by atoms with E-state index in [4.69, 9.17) is 0 Å². The first kappa shape index (κ1) is 14.9. The fourth-order valence-electron chi connectivity index (χ4n) is 3.56. The van der Waals surface area contributed by atoms with Crippen molar-refractivity contribution >= 4 is 5.69 Å². The van der Waals surface area contributed by atoms with Crippen molar-refractivity contribution in [2.24, 2.45) is 0 Å². The van der Waals surface area contributed by atoms with Gasteiger partial charge < -0.3 is 15.1 Å². The van der Waals surface area contributed by atoms with Crippen molar-refractivity contribution in [3.63, 3.8) is 0 Å². The molecule has 3 nitrogen and oxygen atoms in total. The van der Waals surface area contributed by atoms with Crippen LogP contribution in [0, 0.1) is 0 Å². The number of nitrogens with zero attached hydrogens (tertiary/aromatic N) is 2. The Bertz CT molecular complexity index is 450. The highest BCUT2D eigenvalue weighted by molar-refractivity contribution is 5.58. The number of hydrogen-bond acceptors (Lipinski definition) is 3. The maximum atomic E-state index is 3.62. The highest BCUT2D eigenvalue weighted by Crippen LogP contribution is 2.27. The number of hydrogen-bond donors (Lipinski definition) is 1. The third-order valence-electron chi connectivity index (χ3n) is 4.90. The molecule has 0 saturated carbocycles. The van der Waals surface area contributed by atoms with E-state index in [0.29, 0.717) is 0 Å². The molecule has 1 N–H and O–H groups in total. The van der Waals surface area contributed by atoms with Crippen LogP contribution >= 0.6 is 0 Å². The zero-order valence-corrected chi connectivity index (χ0v) is 13.4. The van der Waals surface area contributed by atoms with E-state index in [1.165, 1.54) is 75.1 Å². The van der Waals surface area contributed by atoms with E-state index in [0.717, 1.165) is 13.1 Å². The minimum atomic E-state index is 1.00. The molecule has 0 aromatic heterocycles. The highest BCUT2D eigenvalue weighted by atomic mass is 15.1. The molecule has 2 heterocycles. The van der Waals surface area contributed by atoms with Gasteiger partial charge in [-0.3, -0.25) is 0 Å². The molecule has 21 heavy (non-hydrogen) atoms. The summed E-state index contributed by atoms with van der Waals surface area (Å²) in [5.41, 5.74) is 4.37. The second-order valence-electron chi connectivity index (χ2n) is 6.57. The van der Waals surface area contributed by atoms with Crippen LogP contribution in [0.1, 0.15) is 36.8 Å². The fourth-order valence-corrected chi connectivity index (χ4v) is 3.56. The predicted octanol–water partition coefficient (Wildman–Crippen LogP) is 2.64. The lowest BCUT2D eigenvalue weighted by Crippen LogP contribution is -2.32. The third kappa shape index (κ3) is 3.98. The zero-order valence-electron chi connectivity index (χ0n) is 13.4. The van der Waals surface area contributed by atoms with Crippen molar-refractivity contribution in [2.75, 3.05) is 44.7 Å². The zero-order chi connectivity index (χ0) is 14.5.